The number of rotatable bonds is 14. The minimum atomic E-state index is -0.970. The number of methoxy groups -OCH3 is 9. The molecule has 0 spiro atoms. The number of anilines is 10. The number of ether oxygens (including phenoxy) is 9. The molecule has 0 bridgehead atoms. The standard InChI is InChI=1S/C17H23BrN4O3.C17H23ClN4O3.C17H23FN4O3.C17H23IN4O3.C16H21FN4O3/c4*1-8(23)22(5)12-9-11(10(18)13(24-6)14(12)25-7)20-16(17(2,3)4)21-15(9)19;1-7(22)21(5)11-8-10(9(17)12(23)13(11)24-6)19-15(16(2,3)4)20-14(8)18/h4*1-7H3,(H2,19,20,21);23H,1-6H3,(H2,18,19,20). The van der Waals surface area contributed by atoms with Gasteiger partial charge >= 0.3 is 0 Å². The van der Waals surface area contributed by atoms with E-state index in [-0.39, 0.29) is 130 Å². The van der Waals surface area contributed by atoms with Crippen molar-refractivity contribution in [3.8, 4) is 57.5 Å². The normalized spacial score (nSPS) is 11.5. The second kappa shape index (κ2) is 38.7. The number of amides is 5. The number of benzene rings is 5. The number of carbonyl (C=O) groups is 5. The number of phenols is 1. The van der Waals surface area contributed by atoms with Gasteiger partial charge in [0.2, 0.25) is 35.3 Å². The molecule has 35 nitrogen and oxygen atoms in total. The van der Waals surface area contributed by atoms with Gasteiger partial charge in [0.1, 0.15) is 108 Å². The second-order valence-corrected chi connectivity index (χ2v) is 35.6. The predicted octanol–water partition coefficient (Wildman–Crippen LogP) is 14.5. The zero-order chi connectivity index (χ0) is 94.8. The van der Waals surface area contributed by atoms with E-state index in [1.165, 1.54) is 130 Å². The first kappa shape index (κ1) is 101. The lowest BCUT2D eigenvalue weighted by Gasteiger charge is -2.25. The van der Waals surface area contributed by atoms with Crippen molar-refractivity contribution < 1.29 is 80.5 Å². The number of nitrogens with zero attached hydrogens (tertiary/aromatic N) is 15. The Morgan fingerprint density at radius 3 is 0.815 bits per heavy atom. The number of halogens is 5. The molecule has 11 N–H and O–H groups in total. The van der Waals surface area contributed by atoms with Crippen molar-refractivity contribution >= 4 is 192 Å². The second-order valence-electron chi connectivity index (χ2n) is 33.4. The number of hydrogen-bond donors (Lipinski definition) is 6. The number of nitrogen functional groups attached to an aromatic ring is 5. The monoisotopic (exact) mass is 1920 g/mol. The van der Waals surface area contributed by atoms with Crippen LogP contribution in [0.3, 0.4) is 0 Å². The fourth-order valence-electron chi connectivity index (χ4n) is 12.2. The molecule has 5 amide bonds. The zero-order valence-corrected chi connectivity index (χ0v) is 81.1. The molecule has 5 heterocycles. The Bertz CT molecular complexity index is 5300. The van der Waals surface area contributed by atoms with Gasteiger partial charge in [0.05, 0.1) is 110 Å². The molecular formula is C84H113BrClF2IN20O15. The van der Waals surface area contributed by atoms with E-state index >= 15 is 4.39 Å². The largest absolute Gasteiger partial charge is 0.502 e. The Hall–Kier alpha value is -11.5. The van der Waals surface area contributed by atoms with Crippen molar-refractivity contribution in [3.63, 3.8) is 0 Å². The third kappa shape index (κ3) is 20.1. The Kier molecular flexibility index (Phi) is 31.6. The van der Waals surface area contributed by atoms with Crippen LogP contribution in [0.1, 0.15) is 168 Å². The molecule has 0 aliphatic heterocycles. The quantitative estimate of drug-likeness (QED) is 0.0551. The maximum atomic E-state index is 15.1. The topological polar surface area (TPSA) is 464 Å². The van der Waals surface area contributed by atoms with Crippen molar-refractivity contribution in [2.75, 3.05) is 152 Å². The van der Waals surface area contributed by atoms with Gasteiger partial charge in [0.25, 0.3) is 0 Å². The fraction of sp³-hybridized carbons (Fsp3) is 0.464. The van der Waals surface area contributed by atoms with E-state index in [1.54, 1.807) is 28.3 Å². The summed E-state index contributed by atoms with van der Waals surface area (Å²) in [6, 6.07) is 0. The highest BCUT2D eigenvalue weighted by Crippen LogP contribution is 2.55. The minimum absolute atomic E-state index is 0.00484. The van der Waals surface area contributed by atoms with Crippen molar-refractivity contribution in [1.29, 1.82) is 0 Å². The third-order valence-electron chi connectivity index (χ3n) is 19.3. The summed E-state index contributed by atoms with van der Waals surface area (Å²) in [6.45, 7) is 36.3. The molecule has 10 aromatic rings. The van der Waals surface area contributed by atoms with E-state index < -0.39 is 28.2 Å². The Balaban J connectivity index is 0.000000240. The lowest BCUT2D eigenvalue weighted by molar-refractivity contribution is -0.117. The molecule has 0 atom stereocenters. The number of carbonyl (C=O) groups excluding carboxylic acids is 5. The molecular weight excluding hydrogens is 1810 g/mol. The molecule has 0 aliphatic rings. The van der Waals surface area contributed by atoms with E-state index in [0.29, 0.717) is 118 Å². The van der Waals surface area contributed by atoms with Crippen molar-refractivity contribution in [1.82, 2.24) is 49.8 Å². The molecule has 10 rings (SSSR count). The Morgan fingerprint density at radius 1 is 0.331 bits per heavy atom. The van der Waals surface area contributed by atoms with Crippen LogP contribution in [0.5, 0.6) is 57.5 Å². The highest BCUT2D eigenvalue weighted by molar-refractivity contribution is 14.1. The summed E-state index contributed by atoms with van der Waals surface area (Å²) in [7, 11) is 20.9. The summed E-state index contributed by atoms with van der Waals surface area (Å²) in [6.07, 6.45) is 0. The molecule has 0 fully saturated rings. The van der Waals surface area contributed by atoms with E-state index in [2.05, 4.69) is 83.4 Å². The average Bonchev–Trinajstić information content (AvgIpc) is 0.786. The van der Waals surface area contributed by atoms with Crippen LogP contribution in [-0.4, -0.2) is 184 Å². The van der Waals surface area contributed by atoms with Gasteiger partial charge in [-0.2, -0.15) is 0 Å². The molecule has 0 unspecified atom stereocenters. The summed E-state index contributed by atoms with van der Waals surface area (Å²) in [5.74, 6) is 1.84. The average molecular weight is 1920 g/mol. The lowest BCUT2D eigenvalue weighted by Crippen LogP contribution is -2.25. The summed E-state index contributed by atoms with van der Waals surface area (Å²) in [4.78, 5) is 111. The van der Waals surface area contributed by atoms with Crippen molar-refractivity contribution in [2.24, 2.45) is 0 Å². The van der Waals surface area contributed by atoms with Crippen LogP contribution in [-0.2, 0) is 51.0 Å². The van der Waals surface area contributed by atoms with E-state index in [1.807, 2.05) is 104 Å². The number of aromatic hydroxyl groups is 1. The maximum Gasteiger partial charge on any atom is 0.223 e. The van der Waals surface area contributed by atoms with Gasteiger partial charge in [-0.3, -0.25) is 24.0 Å². The van der Waals surface area contributed by atoms with Crippen LogP contribution in [0.15, 0.2) is 4.47 Å². The van der Waals surface area contributed by atoms with Crippen LogP contribution in [0.25, 0.3) is 54.5 Å². The lowest BCUT2D eigenvalue weighted by atomic mass is 9.95. The molecule has 0 saturated heterocycles. The summed E-state index contributed by atoms with van der Waals surface area (Å²) in [5, 5.41) is 12.3. The van der Waals surface area contributed by atoms with Crippen molar-refractivity contribution in [2.45, 2.75) is 166 Å². The van der Waals surface area contributed by atoms with Gasteiger partial charge in [-0.15, -0.1) is 0 Å². The summed E-state index contributed by atoms with van der Waals surface area (Å²) >= 11 is 12.2. The van der Waals surface area contributed by atoms with Gasteiger partial charge in [-0.1, -0.05) is 115 Å². The molecule has 5 aromatic carbocycles. The van der Waals surface area contributed by atoms with Crippen LogP contribution in [0, 0.1) is 15.2 Å². The predicted molar refractivity (Wildman–Crippen MR) is 495 cm³/mol. The zero-order valence-electron chi connectivity index (χ0n) is 76.6. The van der Waals surface area contributed by atoms with E-state index in [0.717, 1.165) is 3.57 Å². The first-order valence-electron chi connectivity index (χ1n) is 38.1. The molecule has 5 aromatic heterocycles. The number of phenolic OH excluding ortho intramolecular Hbond substituents is 1. The van der Waals surface area contributed by atoms with Crippen LogP contribution < -0.4 is 95.8 Å². The van der Waals surface area contributed by atoms with Gasteiger partial charge in [0.15, 0.2) is 63.4 Å². The molecule has 0 aliphatic carbocycles. The number of nitrogens with two attached hydrogens (primary N) is 5. The van der Waals surface area contributed by atoms with Crippen LogP contribution >= 0.6 is 50.1 Å². The van der Waals surface area contributed by atoms with Crippen LogP contribution in [0.2, 0.25) is 5.02 Å². The third-order valence-corrected chi connectivity index (χ3v) is 21.3. The highest BCUT2D eigenvalue weighted by Gasteiger charge is 2.37. The van der Waals surface area contributed by atoms with Crippen molar-refractivity contribution in [3.05, 3.63) is 53.8 Å². The van der Waals surface area contributed by atoms with Crippen LogP contribution in [0.4, 0.5) is 66.3 Å². The summed E-state index contributed by atoms with van der Waals surface area (Å²) < 4.78 is 79.6. The smallest absolute Gasteiger partial charge is 0.223 e. The first-order chi connectivity index (χ1) is 57.2. The van der Waals surface area contributed by atoms with Gasteiger partial charge in [-0.25, -0.2) is 58.6 Å². The van der Waals surface area contributed by atoms with Gasteiger partial charge < -0.3 is 101 Å². The maximum absolute atomic E-state index is 15.1. The van der Waals surface area contributed by atoms with Gasteiger partial charge in [0, 0.05) is 96.9 Å². The molecule has 0 saturated carbocycles. The Morgan fingerprint density at radius 2 is 0.540 bits per heavy atom. The molecule has 40 heteroatoms. The summed E-state index contributed by atoms with van der Waals surface area (Å²) in [5.41, 5.74) is 32.4. The SMILES string of the molecule is COc1c(O)c(F)c2nc(C(C)(C)C)nc(N)c2c1N(C)C(C)=O.COc1c(OC)c(N(C)C(C)=O)c2c(N)nc(C(C)(C)C)nc2c1Br.COc1c(OC)c(N(C)C(C)=O)c2c(N)nc(C(C)(C)C)nc2c1Cl.COc1c(OC)c(N(C)C(C)=O)c2c(N)nc(C(C)(C)C)nc2c1F.COc1c(OC)c(N(C)C(C)=O)c2c(N)nc(C(C)(C)C)nc2c1I. The number of aromatic nitrogens is 10. The molecule has 124 heavy (non-hydrogen) atoms. The number of fused-ring (bicyclic) bond motifs is 5. The highest BCUT2D eigenvalue weighted by atomic mass is 127. The van der Waals surface area contributed by atoms with E-state index in [9.17, 15) is 33.5 Å². The molecule has 674 valence electrons. The Labute approximate surface area is 746 Å². The fourth-order valence-corrected chi connectivity index (χ4v) is 14.0. The number of hydrogen-bond acceptors (Lipinski definition) is 30. The minimum Gasteiger partial charge on any atom is -0.502 e. The van der Waals surface area contributed by atoms with Gasteiger partial charge in [-0.05, 0) is 38.5 Å². The first-order valence-corrected chi connectivity index (χ1v) is 40.3. The molecule has 0 radical (unpaired) electrons. The van der Waals surface area contributed by atoms with E-state index in [4.69, 9.17) is 87.9 Å².